The average Bonchev–Trinajstić information content (AvgIpc) is 2.96. The molecule has 0 aliphatic carbocycles. The average molecular weight is 601 g/mol. The predicted molar refractivity (Wildman–Crippen MR) is 157 cm³/mol. The van der Waals surface area contributed by atoms with Crippen molar-refractivity contribution in [1.82, 2.24) is 15.3 Å². The summed E-state index contributed by atoms with van der Waals surface area (Å²) in [5, 5.41) is 12.4. The van der Waals surface area contributed by atoms with E-state index in [1.165, 1.54) is 12.1 Å². The van der Waals surface area contributed by atoms with Gasteiger partial charge in [-0.15, -0.1) is 0 Å². The molecule has 206 valence electrons. The Morgan fingerprint density at radius 1 is 1.00 bits per heavy atom. The summed E-state index contributed by atoms with van der Waals surface area (Å²) in [6, 6.07) is 20.7. The number of carbonyl (C=O) groups is 2. The Morgan fingerprint density at radius 2 is 1.63 bits per heavy atom. The third-order valence-electron chi connectivity index (χ3n) is 5.97. The van der Waals surface area contributed by atoms with Gasteiger partial charge in [-0.05, 0) is 60.0 Å². The fourth-order valence-corrected chi connectivity index (χ4v) is 4.46. The third kappa shape index (κ3) is 8.79. The first kappa shape index (κ1) is 32.1. The van der Waals surface area contributed by atoms with Gasteiger partial charge in [0.2, 0.25) is 5.95 Å². The maximum atomic E-state index is 12.6. The number of nitrogens with zero attached hydrogens (tertiary/aromatic N) is 3. The first-order valence-electron chi connectivity index (χ1n) is 12.3. The summed E-state index contributed by atoms with van der Waals surface area (Å²) in [4.78, 5) is 35.2. The number of rotatable bonds is 11. The van der Waals surface area contributed by atoms with Gasteiger partial charge in [0.25, 0.3) is 5.91 Å². The number of carboxylic acid groups (broad SMARTS) is 1. The van der Waals surface area contributed by atoms with E-state index in [4.69, 9.17) is 27.9 Å². The summed E-state index contributed by atoms with van der Waals surface area (Å²) in [5.41, 5.74) is 2.83. The standard InChI is InChI=1S/C30H26Cl2N4O4.Na.H/c1-40-23-15-11-21(12-16-23)19-36(30-33-17-4-18-34-30)22-13-9-20(10-14-22)5-2-8-26(29(38)39)35-28(37)27-24(31)6-3-7-25(27)32;;/h2-7,9-18,26H,8,19H2,1H3,(H,35,37)(H,38,39);;/q;+1;-1. The molecule has 1 aromatic heterocycles. The number of amides is 1. The van der Waals surface area contributed by atoms with E-state index in [0.717, 1.165) is 22.6 Å². The number of methoxy groups -OCH3 is 1. The number of hydrogen-bond acceptors (Lipinski definition) is 6. The molecule has 0 fully saturated rings. The number of ether oxygens (including phenoxy) is 1. The third-order valence-corrected chi connectivity index (χ3v) is 6.60. The predicted octanol–water partition coefficient (Wildman–Crippen LogP) is 3.53. The molecule has 3 aromatic carbocycles. The van der Waals surface area contributed by atoms with Gasteiger partial charge in [0.05, 0.1) is 29.3 Å². The van der Waals surface area contributed by atoms with Gasteiger partial charge in [-0.3, -0.25) is 4.79 Å². The Hall–Kier alpha value is -3.40. The minimum Gasteiger partial charge on any atom is -1.00 e. The summed E-state index contributed by atoms with van der Waals surface area (Å²) < 4.78 is 5.26. The molecule has 1 unspecified atom stereocenters. The van der Waals surface area contributed by atoms with Crippen LogP contribution in [-0.2, 0) is 11.3 Å². The molecule has 1 amide bonds. The van der Waals surface area contributed by atoms with Crippen molar-refractivity contribution >= 4 is 52.8 Å². The fraction of sp³-hybridized carbons (Fsp3) is 0.133. The molecule has 1 heterocycles. The van der Waals surface area contributed by atoms with E-state index in [1.807, 2.05) is 53.4 Å². The minimum atomic E-state index is -1.17. The number of carboxylic acids is 1. The zero-order valence-corrected chi connectivity index (χ0v) is 26.0. The van der Waals surface area contributed by atoms with E-state index in [0.29, 0.717) is 12.5 Å². The molecular formula is C30H27Cl2N4NaO4. The molecule has 0 spiro atoms. The van der Waals surface area contributed by atoms with E-state index in [1.54, 1.807) is 43.8 Å². The van der Waals surface area contributed by atoms with Crippen LogP contribution in [0, 0.1) is 0 Å². The van der Waals surface area contributed by atoms with Crippen molar-refractivity contribution in [1.29, 1.82) is 0 Å². The van der Waals surface area contributed by atoms with Gasteiger partial charge in [-0.25, -0.2) is 14.8 Å². The van der Waals surface area contributed by atoms with Crippen LogP contribution in [0.1, 0.15) is 29.3 Å². The molecule has 41 heavy (non-hydrogen) atoms. The van der Waals surface area contributed by atoms with Crippen LogP contribution < -0.4 is 44.5 Å². The van der Waals surface area contributed by atoms with Crippen molar-refractivity contribution in [3.8, 4) is 5.75 Å². The normalized spacial score (nSPS) is 11.4. The second-order valence-corrected chi connectivity index (χ2v) is 9.49. The fourth-order valence-electron chi connectivity index (χ4n) is 3.89. The summed E-state index contributed by atoms with van der Waals surface area (Å²) in [6.07, 6.45) is 6.93. The summed E-state index contributed by atoms with van der Waals surface area (Å²) >= 11 is 12.2. The van der Waals surface area contributed by atoms with E-state index in [2.05, 4.69) is 15.3 Å². The van der Waals surface area contributed by atoms with Crippen molar-refractivity contribution in [2.24, 2.45) is 0 Å². The van der Waals surface area contributed by atoms with Gasteiger partial charge in [-0.1, -0.05) is 65.7 Å². The van der Waals surface area contributed by atoms with Crippen molar-refractivity contribution in [2.75, 3.05) is 12.0 Å². The van der Waals surface area contributed by atoms with Crippen LogP contribution in [-0.4, -0.2) is 40.1 Å². The van der Waals surface area contributed by atoms with Gasteiger partial charge in [-0.2, -0.15) is 0 Å². The van der Waals surface area contributed by atoms with Crippen LogP contribution in [0.15, 0.2) is 91.3 Å². The maximum absolute atomic E-state index is 12.6. The van der Waals surface area contributed by atoms with E-state index in [-0.39, 0.29) is 53.0 Å². The smallest absolute Gasteiger partial charge is 1.00 e. The van der Waals surface area contributed by atoms with Crippen molar-refractivity contribution in [2.45, 2.75) is 19.0 Å². The largest absolute Gasteiger partial charge is 1.00 e. The molecule has 4 aromatic rings. The maximum Gasteiger partial charge on any atom is 1.00 e. The van der Waals surface area contributed by atoms with Crippen molar-refractivity contribution in [3.63, 3.8) is 0 Å². The molecule has 0 saturated carbocycles. The second-order valence-electron chi connectivity index (χ2n) is 8.67. The monoisotopic (exact) mass is 600 g/mol. The molecule has 2 N–H and O–H groups in total. The van der Waals surface area contributed by atoms with Gasteiger partial charge < -0.3 is 21.5 Å². The van der Waals surface area contributed by atoms with Crippen molar-refractivity contribution in [3.05, 3.63) is 118 Å². The SMILES string of the molecule is COc1ccc(CN(c2ccc(C=CCC(NC(=O)c3c(Cl)cccc3Cl)C(=O)O)cc2)c2ncccn2)cc1.[H-].[Na+]. The Balaban J connectivity index is 0.00000308. The van der Waals surface area contributed by atoms with Crippen LogP contribution in [0.4, 0.5) is 11.6 Å². The molecule has 0 aliphatic rings. The van der Waals surface area contributed by atoms with Crippen molar-refractivity contribution < 1.29 is 50.4 Å². The van der Waals surface area contributed by atoms with Crippen LogP contribution in [0.25, 0.3) is 6.08 Å². The molecule has 4 rings (SSSR count). The second kappa shape index (κ2) is 15.6. The minimum absolute atomic E-state index is 0. The van der Waals surface area contributed by atoms with E-state index < -0.39 is 17.9 Å². The Kier molecular flexibility index (Phi) is 12.2. The molecule has 0 aliphatic heterocycles. The summed E-state index contributed by atoms with van der Waals surface area (Å²) in [7, 11) is 1.63. The number of anilines is 2. The number of aliphatic carboxylic acids is 1. The van der Waals surface area contributed by atoms with E-state index >= 15 is 0 Å². The van der Waals surface area contributed by atoms with Crippen LogP contribution in [0.5, 0.6) is 5.75 Å². The summed E-state index contributed by atoms with van der Waals surface area (Å²) in [6.45, 7) is 0.540. The van der Waals surface area contributed by atoms with Gasteiger partial charge in [0, 0.05) is 18.1 Å². The van der Waals surface area contributed by atoms with Crippen LogP contribution >= 0.6 is 23.2 Å². The molecule has 0 radical (unpaired) electrons. The van der Waals surface area contributed by atoms with Crippen LogP contribution in [0.3, 0.4) is 0 Å². The molecule has 0 saturated heterocycles. The van der Waals surface area contributed by atoms with Crippen LogP contribution in [0.2, 0.25) is 10.0 Å². The first-order chi connectivity index (χ1) is 19.4. The number of aromatic nitrogens is 2. The number of carbonyl (C=O) groups excluding carboxylic acids is 1. The number of benzene rings is 3. The van der Waals surface area contributed by atoms with Gasteiger partial charge in [0.15, 0.2) is 0 Å². The molecule has 11 heteroatoms. The zero-order valence-electron chi connectivity index (χ0n) is 23.5. The quantitative estimate of drug-likeness (QED) is 0.254. The number of halogens is 2. The Morgan fingerprint density at radius 3 is 2.22 bits per heavy atom. The molecular weight excluding hydrogens is 574 g/mol. The summed E-state index contributed by atoms with van der Waals surface area (Å²) in [5.74, 6) is -0.491. The van der Waals surface area contributed by atoms with Gasteiger partial charge in [0.1, 0.15) is 11.8 Å². The molecule has 0 bridgehead atoms. The Bertz CT molecular complexity index is 1470. The number of nitrogens with one attached hydrogen (secondary N) is 1. The zero-order chi connectivity index (χ0) is 28.5. The topological polar surface area (TPSA) is 105 Å². The number of hydrogen-bond donors (Lipinski definition) is 2. The van der Waals surface area contributed by atoms with Gasteiger partial charge >= 0.3 is 35.5 Å². The Labute approximate surface area is 271 Å². The van der Waals surface area contributed by atoms with E-state index in [9.17, 15) is 14.7 Å². The first-order valence-corrected chi connectivity index (χ1v) is 13.0. The molecule has 1 atom stereocenters. The molecule has 8 nitrogen and oxygen atoms in total.